The maximum Gasteiger partial charge on any atom is 0.258 e. The second kappa shape index (κ2) is 11.0. The quantitative estimate of drug-likeness (QED) is 0.429. The summed E-state index contributed by atoms with van der Waals surface area (Å²) in [5.74, 6) is 0.0823. The number of nitrogens with one attached hydrogen (secondary N) is 2. The fraction of sp³-hybridized carbons (Fsp3) is 0.320. The highest BCUT2D eigenvalue weighted by Crippen LogP contribution is 2.28. The van der Waals surface area contributed by atoms with Crippen molar-refractivity contribution in [3.05, 3.63) is 64.4 Å². The van der Waals surface area contributed by atoms with Gasteiger partial charge in [0.25, 0.3) is 5.91 Å². The zero-order valence-electron chi connectivity index (χ0n) is 18.3. The summed E-state index contributed by atoms with van der Waals surface area (Å²) in [5, 5.41) is 7.38. The first-order chi connectivity index (χ1) is 16.4. The highest BCUT2D eigenvalue weighted by Gasteiger charge is 2.24. The minimum absolute atomic E-state index is 0.00105. The van der Waals surface area contributed by atoms with Crippen LogP contribution in [0.3, 0.4) is 0 Å². The number of ether oxygens (including phenoxy) is 1. The number of hydrogen-bond donors (Lipinski definition) is 2. The number of halogens is 3. The summed E-state index contributed by atoms with van der Waals surface area (Å²) in [4.78, 5) is 29.1. The largest absolute Gasteiger partial charge is 0.484 e. The van der Waals surface area contributed by atoms with E-state index >= 15 is 0 Å². The Hall–Kier alpha value is -2.90. The fourth-order valence-electron chi connectivity index (χ4n) is 4.12. The molecule has 6 nitrogen and oxygen atoms in total. The van der Waals surface area contributed by atoms with Gasteiger partial charge in [-0.25, -0.2) is 9.37 Å². The van der Waals surface area contributed by atoms with Crippen molar-refractivity contribution >= 4 is 51.7 Å². The van der Waals surface area contributed by atoms with Crippen molar-refractivity contribution in [3.8, 4) is 5.75 Å². The maximum atomic E-state index is 13.5. The van der Waals surface area contributed by atoms with Gasteiger partial charge >= 0.3 is 0 Å². The van der Waals surface area contributed by atoms with E-state index < -0.39 is 5.82 Å². The summed E-state index contributed by atoms with van der Waals surface area (Å²) in [5.41, 5.74) is 0.767. The first-order valence-corrected chi connectivity index (χ1v) is 11.8. The van der Waals surface area contributed by atoms with E-state index in [0.29, 0.717) is 17.3 Å². The van der Waals surface area contributed by atoms with E-state index in [1.807, 2.05) is 18.2 Å². The van der Waals surface area contributed by atoms with E-state index in [-0.39, 0.29) is 41.2 Å². The van der Waals surface area contributed by atoms with Crippen molar-refractivity contribution in [2.75, 3.05) is 11.9 Å². The van der Waals surface area contributed by atoms with E-state index in [0.717, 1.165) is 42.7 Å². The molecule has 1 aromatic heterocycles. The SMILES string of the molecule is O=C(C[C@H]1CC[C@H](NC(=O)COc2ccc(Cl)c(F)c2)CC1)Nc1ccc2cc(Cl)ccc2n1. The van der Waals surface area contributed by atoms with Crippen LogP contribution >= 0.6 is 23.2 Å². The Balaban J connectivity index is 1.18. The molecule has 2 N–H and O–H groups in total. The van der Waals surface area contributed by atoms with Crippen LogP contribution in [0.15, 0.2) is 48.5 Å². The molecule has 178 valence electrons. The molecule has 0 aliphatic heterocycles. The Bertz CT molecular complexity index is 1200. The van der Waals surface area contributed by atoms with Crippen LogP contribution in [0, 0.1) is 11.7 Å². The van der Waals surface area contributed by atoms with Crippen LogP contribution in [-0.4, -0.2) is 29.4 Å². The Morgan fingerprint density at radius 3 is 2.56 bits per heavy atom. The lowest BCUT2D eigenvalue weighted by molar-refractivity contribution is -0.124. The number of pyridine rings is 1. The number of aromatic nitrogens is 1. The van der Waals surface area contributed by atoms with Gasteiger partial charge < -0.3 is 15.4 Å². The Morgan fingerprint density at radius 2 is 1.79 bits per heavy atom. The molecule has 4 rings (SSSR count). The van der Waals surface area contributed by atoms with Crippen molar-refractivity contribution in [2.24, 2.45) is 5.92 Å². The Kier molecular flexibility index (Phi) is 7.85. The number of carbonyl (C=O) groups is 2. The molecule has 3 aromatic rings. The molecule has 1 heterocycles. The number of carbonyl (C=O) groups excluding carboxylic acids is 2. The molecular weight excluding hydrogens is 480 g/mol. The molecule has 0 spiro atoms. The number of anilines is 1. The minimum Gasteiger partial charge on any atom is -0.484 e. The molecule has 0 radical (unpaired) electrons. The highest BCUT2D eigenvalue weighted by atomic mass is 35.5. The van der Waals surface area contributed by atoms with Gasteiger partial charge in [-0.05, 0) is 74.1 Å². The van der Waals surface area contributed by atoms with Crippen molar-refractivity contribution in [1.29, 1.82) is 0 Å². The van der Waals surface area contributed by atoms with E-state index in [1.54, 1.807) is 12.1 Å². The zero-order chi connectivity index (χ0) is 24.1. The highest BCUT2D eigenvalue weighted by molar-refractivity contribution is 6.31. The van der Waals surface area contributed by atoms with Crippen LogP contribution in [0.1, 0.15) is 32.1 Å². The maximum absolute atomic E-state index is 13.5. The molecule has 1 aliphatic rings. The van der Waals surface area contributed by atoms with Crippen molar-refractivity contribution in [2.45, 2.75) is 38.1 Å². The zero-order valence-corrected chi connectivity index (χ0v) is 19.8. The predicted molar refractivity (Wildman–Crippen MR) is 131 cm³/mol. The van der Waals surface area contributed by atoms with Gasteiger partial charge in [-0.3, -0.25) is 9.59 Å². The lowest BCUT2D eigenvalue weighted by Crippen LogP contribution is -2.40. The normalized spacial score (nSPS) is 17.9. The van der Waals surface area contributed by atoms with Crippen molar-refractivity contribution in [3.63, 3.8) is 0 Å². The van der Waals surface area contributed by atoms with Crippen LogP contribution in [0.5, 0.6) is 5.75 Å². The Morgan fingerprint density at radius 1 is 1.00 bits per heavy atom. The second-order valence-electron chi connectivity index (χ2n) is 8.44. The first kappa shape index (κ1) is 24.2. The molecule has 1 aliphatic carbocycles. The van der Waals surface area contributed by atoms with Gasteiger partial charge in [-0.2, -0.15) is 0 Å². The van der Waals surface area contributed by atoms with Gasteiger partial charge in [0.1, 0.15) is 17.4 Å². The van der Waals surface area contributed by atoms with Crippen LogP contribution < -0.4 is 15.4 Å². The summed E-state index contributed by atoms with van der Waals surface area (Å²) in [6.07, 6.45) is 3.66. The van der Waals surface area contributed by atoms with Crippen LogP contribution in [-0.2, 0) is 9.59 Å². The standard InChI is InChI=1S/C25H24Cl2FN3O3/c26-17-4-9-22-16(12-17)3-10-23(30-22)31-24(32)11-15-1-5-18(6-2-15)29-25(33)14-34-19-7-8-20(27)21(28)13-19/h3-4,7-10,12-13,15,18H,1-2,5-6,11,14H2,(H,29,33)(H,30,31,32)/t15-,18-. The topological polar surface area (TPSA) is 80.3 Å². The summed E-state index contributed by atoms with van der Waals surface area (Å²) < 4.78 is 18.8. The van der Waals surface area contributed by atoms with E-state index in [2.05, 4.69) is 15.6 Å². The number of benzene rings is 2. The monoisotopic (exact) mass is 503 g/mol. The van der Waals surface area contributed by atoms with Crippen molar-refractivity contribution in [1.82, 2.24) is 10.3 Å². The molecule has 2 amide bonds. The average Bonchev–Trinajstić information content (AvgIpc) is 2.81. The lowest BCUT2D eigenvalue weighted by Gasteiger charge is -2.28. The third kappa shape index (κ3) is 6.58. The van der Waals surface area contributed by atoms with E-state index in [4.69, 9.17) is 27.9 Å². The lowest BCUT2D eigenvalue weighted by atomic mass is 9.84. The summed E-state index contributed by atoms with van der Waals surface area (Å²) in [6.45, 7) is -0.200. The third-order valence-electron chi connectivity index (χ3n) is 5.87. The molecule has 0 saturated heterocycles. The van der Waals surface area contributed by atoms with Crippen LogP contribution in [0.2, 0.25) is 10.0 Å². The molecule has 1 fully saturated rings. The van der Waals surface area contributed by atoms with Gasteiger partial charge in [-0.1, -0.05) is 23.2 Å². The fourth-order valence-corrected chi connectivity index (χ4v) is 4.42. The number of hydrogen-bond acceptors (Lipinski definition) is 4. The molecule has 0 atom stereocenters. The predicted octanol–water partition coefficient (Wildman–Crippen LogP) is 5.76. The van der Waals surface area contributed by atoms with Gasteiger partial charge in [0, 0.05) is 28.9 Å². The summed E-state index contributed by atoms with van der Waals surface area (Å²) >= 11 is 11.6. The molecule has 0 unspecified atom stereocenters. The van der Waals surface area contributed by atoms with Crippen LogP contribution in [0.25, 0.3) is 10.9 Å². The van der Waals surface area contributed by atoms with E-state index in [1.165, 1.54) is 12.1 Å². The average molecular weight is 504 g/mol. The molecule has 1 saturated carbocycles. The van der Waals surface area contributed by atoms with Gasteiger partial charge in [0.15, 0.2) is 6.61 Å². The third-order valence-corrected chi connectivity index (χ3v) is 6.41. The summed E-state index contributed by atoms with van der Waals surface area (Å²) in [6, 6.07) is 13.1. The summed E-state index contributed by atoms with van der Waals surface area (Å²) in [7, 11) is 0. The van der Waals surface area contributed by atoms with Crippen molar-refractivity contribution < 1.29 is 18.7 Å². The van der Waals surface area contributed by atoms with Gasteiger partial charge in [0.2, 0.25) is 5.91 Å². The van der Waals surface area contributed by atoms with E-state index in [9.17, 15) is 14.0 Å². The second-order valence-corrected chi connectivity index (χ2v) is 9.28. The Labute approximate surface area is 206 Å². The van der Waals surface area contributed by atoms with Gasteiger partial charge in [-0.15, -0.1) is 0 Å². The first-order valence-electron chi connectivity index (χ1n) is 11.1. The molecule has 9 heteroatoms. The number of nitrogens with zero attached hydrogens (tertiary/aromatic N) is 1. The molecular formula is C25H24Cl2FN3O3. The van der Waals surface area contributed by atoms with Crippen LogP contribution in [0.4, 0.5) is 10.2 Å². The van der Waals surface area contributed by atoms with Gasteiger partial charge in [0.05, 0.1) is 10.5 Å². The smallest absolute Gasteiger partial charge is 0.258 e. The minimum atomic E-state index is -0.594. The number of amides is 2. The number of fused-ring (bicyclic) bond motifs is 1. The molecule has 2 aromatic carbocycles. The molecule has 34 heavy (non-hydrogen) atoms. The molecule has 0 bridgehead atoms. The number of rotatable bonds is 7.